The van der Waals surface area contributed by atoms with Crippen LogP contribution in [-0.2, 0) is 9.53 Å². The van der Waals surface area contributed by atoms with E-state index in [2.05, 4.69) is 5.32 Å². The first kappa shape index (κ1) is 17.1. The van der Waals surface area contributed by atoms with Gasteiger partial charge in [-0.2, -0.15) is 0 Å². The highest BCUT2D eigenvalue weighted by atomic mass is 35.5. The summed E-state index contributed by atoms with van der Waals surface area (Å²) in [5, 5.41) is 2.78. The Kier molecular flexibility index (Phi) is 9.01. The fourth-order valence-electron chi connectivity index (χ4n) is 0.931. The summed E-state index contributed by atoms with van der Waals surface area (Å²) in [6, 6.07) is -0.454. The highest BCUT2D eigenvalue weighted by Crippen LogP contribution is 2.16. The molecule has 4 nitrogen and oxygen atoms in total. The molecule has 0 aliphatic heterocycles. The van der Waals surface area contributed by atoms with Gasteiger partial charge in [0.15, 0.2) is 0 Å². The maximum absolute atomic E-state index is 11.5. The minimum absolute atomic E-state index is 0. The van der Waals surface area contributed by atoms with E-state index in [0.717, 1.165) is 6.42 Å². The summed E-state index contributed by atoms with van der Waals surface area (Å²) < 4.78 is 4.87. The van der Waals surface area contributed by atoms with Gasteiger partial charge in [0.25, 0.3) is 0 Å². The van der Waals surface area contributed by atoms with Gasteiger partial charge in [0, 0.05) is 20.3 Å². The molecular weight excluding hydrogens is 216 g/mol. The zero-order valence-corrected chi connectivity index (χ0v) is 10.8. The van der Waals surface area contributed by atoms with Gasteiger partial charge < -0.3 is 15.8 Å². The zero-order valence-electron chi connectivity index (χ0n) is 10.0. The molecule has 0 aliphatic rings. The first-order valence-electron chi connectivity index (χ1n) is 4.92. The second kappa shape index (κ2) is 7.91. The molecule has 0 bridgehead atoms. The summed E-state index contributed by atoms with van der Waals surface area (Å²) in [6.45, 7) is 7.13. The number of hydrogen-bond donors (Lipinski definition) is 2. The number of rotatable bonds is 5. The average molecular weight is 239 g/mol. The summed E-state index contributed by atoms with van der Waals surface area (Å²) >= 11 is 0. The van der Waals surface area contributed by atoms with Crippen molar-refractivity contribution < 1.29 is 9.53 Å². The van der Waals surface area contributed by atoms with Gasteiger partial charge in [-0.25, -0.2) is 0 Å². The summed E-state index contributed by atoms with van der Waals surface area (Å²) in [5.74, 6) is -0.0893. The molecule has 5 heteroatoms. The molecule has 0 saturated carbocycles. The molecule has 15 heavy (non-hydrogen) atoms. The summed E-state index contributed by atoms with van der Waals surface area (Å²) in [4.78, 5) is 11.5. The second-order valence-corrected chi connectivity index (χ2v) is 4.48. The summed E-state index contributed by atoms with van der Waals surface area (Å²) in [7, 11) is 1.64. The predicted molar refractivity (Wildman–Crippen MR) is 64.2 cm³/mol. The van der Waals surface area contributed by atoms with Crippen LogP contribution in [0.4, 0.5) is 0 Å². The Hall–Kier alpha value is -0.320. The number of carbonyl (C=O) groups is 1. The van der Waals surface area contributed by atoms with Crippen LogP contribution in [0.3, 0.4) is 0 Å². The van der Waals surface area contributed by atoms with Crippen molar-refractivity contribution in [2.24, 2.45) is 11.1 Å². The lowest BCUT2D eigenvalue weighted by molar-refractivity contribution is -0.124. The molecule has 0 aromatic heterocycles. The molecule has 92 valence electrons. The van der Waals surface area contributed by atoms with Gasteiger partial charge >= 0.3 is 0 Å². The van der Waals surface area contributed by atoms with Crippen LogP contribution >= 0.6 is 12.4 Å². The van der Waals surface area contributed by atoms with E-state index in [0.29, 0.717) is 13.2 Å². The molecule has 0 aromatic carbocycles. The number of hydrogen-bond acceptors (Lipinski definition) is 3. The van der Waals surface area contributed by atoms with Gasteiger partial charge in [0.05, 0.1) is 6.04 Å². The Morgan fingerprint density at radius 3 is 2.40 bits per heavy atom. The molecule has 0 saturated heterocycles. The van der Waals surface area contributed by atoms with Crippen molar-refractivity contribution in [1.82, 2.24) is 5.32 Å². The van der Waals surface area contributed by atoms with Crippen molar-refractivity contribution in [1.29, 1.82) is 0 Å². The molecule has 0 fully saturated rings. The topological polar surface area (TPSA) is 64.3 Å². The van der Waals surface area contributed by atoms with Crippen LogP contribution in [0.5, 0.6) is 0 Å². The molecule has 3 N–H and O–H groups in total. The van der Waals surface area contributed by atoms with Crippen molar-refractivity contribution >= 4 is 18.3 Å². The standard InChI is InChI=1S/C10H22N2O2.ClH/c1-10(2,3)8(11)9(13)12-6-5-7-14-4;/h8H,5-7,11H2,1-4H3,(H,12,13);1H. The fourth-order valence-corrected chi connectivity index (χ4v) is 0.931. The van der Waals surface area contributed by atoms with Crippen LogP contribution in [0.25, 0.3) is 0 Å². The smallest absolute Gasteiger partial charge is 0.237 e. The second-order valence-electron chi connectivity index (χ2n) is 4.48. The Balaban J connectivity index is 0. The number of methoxy groups -OCH3 is 1. The van der Waals surface area contributed by atoms with Crippen LogP contribution in [0.1, 0.15) is 27.2 Å². The number of nitrogens with two attached hydrogens (primary N) is 1. The summed E-state index contributed by atoms with van der Waals surface area (Å²) in [5.41, 5.74) is 5.58. The normalized spacial score (nSPS) is 12.9. The number of carbonyl (C=O) groups excluding carboxylic acids is 1. The molecule has 1 amide bonds. The van der Waals surface area contributed by atoms with Gasteiger partial charge in [0.2, 0.25) is 5.91 Å². The monoisotopic (exact) mass is 238 g/mol. The zero-order chi connectivity index (χ0) is 11.2. The third-order valence-electron chi connectivity index (χ3n) is 2.04. The summed E-state index contributed by atoms with van der Waals surface area (Å²) in [6.07, 6.45) is 0.819. The van der Waals surface area contributed by atoms with Crippen molar-refractivity contribution in [3.05, 3.63) is 0 Å². The van der Waals surface area contributed by atoms with E-state index in [1.807, 2.05) is 20.8 Å². The van der Waals surface area contributed by atoms with Gasteiger partial charge in [-0.1, -0.05) is 20.8 Å². The number of ether oxygens (including phenoxy) is 1. The van der Waals surface area contributed by atoms with Crippen molar-refractivity contribution in [3.8, 4) is 0 Å². The van der Waals surface area contributed by atoms with Crippen LogP contribution < -0.4 is 11.1 Å². The van der Waals surface area contributed by atoms with Crippen LogP contribution in [-0.4, -0.2) is 32.2 Å². The van der Waals surface area contributed by atoms with E-state index < -0.39 is 6.04 Å². The highest BCUT2D eigenvalue weighted by molar-refractivity contribution is 5.85. The van der Waals surface area contributed by atoms with Gasteiger partial charge in [-0.3, -0.25) is 4.79 Å². The molecule has 0 aromatic rings. The van der Waals surface area contributed by atoms with E-state index in [-0.39, 0.29) is 23.7 Å². The lowest BCUT2D eigenvalue weighted by Crippen LogP contribution is -2.48. The van der Waals surface area contributed by atoms with E-state index in [1.54, 1.807) is 7.11 Å². The van der Waals surface area contributed by atoms with E-state index >= 15 is 0 Å². The molecule has 0 spiro atoms. The molecule has 1 unspecified atom stereocenters. The minimum atomic E-state index is -0.454. The maximum atomic E-state index is 11.5. The van der Waals surface area contributed by atoms with Crippen LogP contribution in [0.2, 0.25) is 0 Å². The number of nitrogens with one attached hydrogen (secondary N) is 1. The SMILES string of the molecule is COCCCNC(=O)C(N)C(C)(C)C.Cl. The fraction of sp³-hybridized carbons (Fsp3) is 0.900. The third kappa shape index (κ3) is 7.59. The Labute approximate surface area is 98.3 Å². The van der Waals surface area contributed by atoms with E-state index in [1.165, 1.54) is 0 Å². The van der Waals surface area contributed by atoms with Crippen LogP contribution in [0.15, 0.2) is 0 Å². The van der Waals surface area contributed by atoms with Crippen molar-refractivity contribution in [2.75, 3.05) is 20.3 Å². The molecular formula is C10H23ClN2O2. The van der Waals surface area contributed by atoms with Gasteiger partial charge in [-0.15, -0.1) is 12.4 Å². The number of halogens is 1. The highest BCUT2D eigenvalue weighted by Gasteiger charge is 2.26. The maximum Gasteiger partial charge on any atom is 0.237 e. The molecule has 0 heterocycles. The molecule has 1 atom stereocenters. The Bertz CT molecular complexity index is 181. The lowest BCUT2D eigenvalue weighted by Gasteiger charge is -2.25. The predicted octanol–water partition coefficient (Wildman–Crippen LogP) is 0.934. The first-order valence-corrected chi connectivity index (χ1v) is 4.92. The van der Waals surface area contributed by atoms with Crippen molar-refractivity contribution in [3.63, 3.8) is 0 Å². The largest absolute Gasteiger partial charge is 0.385 e. The quantitative estimate of drug-likeness (QED) is 0.701. The average Bonchev–Trinajstić information content (AvgIpc) is 2.09. The number of amides is 1. The van der Waals surface area contributed by atoms with Gasteiger partial charge in [-0.05, 0) is 11.8 Å². The van der Waals surface area contributed by atoms with E-state index in [9.17, 15) is 4.79 Å². The lowest BCUT2D eigenvalue weighted by atomic mass is 9.87. The first-order chi connectivity index (χ1) is 6.39. The molecule has 0 rings (SSSR count). The van der Waals surface area contributed by atoms with Crippen molar-refractivity contribution in [2.45, 2.75) is 33.2 Å². The third-order valence-corrected chi connectivity index (χ3v) is 2.04. The Morgan fingerprint density at radius 1 is 1.47 bits per heavy atom. The van der Waals surface area contributed by atoms with E-state index in [4.69, 9.17) is 10.5 Å². The Morgan fingerprint density at radius 2 is 2.00 bits per heavy atom. The molecule has 0 aliphatic carbocycles. The van der Waals surface area contributed by atoms with Gasteiger partial charge in [0.1, 0.15) is 0 Å². The molecule has 0 radical (unpaired) electrons. The van der Waals surface area contributed by atoms with Crippen LogP contribution in [0, 0.1) is 5.41 Å². The minimum Gasteiger partial charge on any atom is -0.385 e.